The highest BCUT2D eigenvalue weighted by molar-refractivity contribution is 9.10. The summed E-state index contributed by atoms with van der Waals surface area (Å²) in [6.07, 6.45) is 2.13. The Kier molecular flexibility index (Phi) is 6.07. The van der Waals surface area contributed by atoms with Crippen LogP contribution in [0.2, 0.25) is 0 Å². The number of nitrogens with one attached hydrogen (secondary N) is 1. The van der Waals surface area contributed by atoms with Crippen molar-refractivity contribution < 1.29 is 14.1 Å². The second kappa shape index (κ2) is 8.67. The van der Waals surface area contributed by atoms with Crippen LogP contribution in [0.1, 0.15) is 30.3 Å². The number of hydrogen-bond acceptors (Lipinski definition) is 4. The van der Waals surface area contributed by atoms with Crippen LogP contribution in [0.25, 0.3) is 11.3 Å². The third-order valence-corrected chi connectivity index (χ3v) is 4.46. The fourth-order valence-electron chi connectivity index (χ4n) is 2.32. The van der Waals surface area contributed by atoms with Crippen LogP contribution in [-0.2, 0) is 0 Å². The molecule has 0 bridgehead atoms. The van der Waals surface area contributed by atoms with Gasteiger partial charge in [-0.2, -0.15) is 0 Å². The molecule has 0 fully saturated rings. The van der Waals surface area contributed by atoms with Crippen molar-refractivity contribution >= 4 is 27.5 Å². The molecular weight excluding hydrogens is 396 g/mol. The predicted octanol–water partition coefficient (Wildman–Crippen LogP) is 5.54. The number of halogens is 1. The van der Waals surface area contributed by atoms with E-state index in [0.29, 0.717) is 18.1 Å². The molecule has 0 aliphatic rings. The van der Waals surface area contributed by atoms with E-state index in [2.05, 4.69) is 33.3 Å². The van der Waals surface area contributed by atoms with Gasteiger partial charge >= 0.3 is 0 Å². The highest BCUT2D eigenvalue weighted by Gasteiger charge is 2.15. The minimum Gasteiger partial charge on any atom is -0.494 e. The summed E-state index contributed by atoms with van der Waals surface area (Å²) in [6, 6.07) is 16.5. The van der Waals surface area contributed by atoms with Gasteiger partial charge in [-0.25, -0.2) is 0 Å². The van der Waals surface area contributed by atoms with Crippen LogP contribution in [0.5, 0.6) is 5.75 Å². The highest BCUT2D eigenvalue weighted by atomic mass is 79.9. The average molecular weight is 415 g/mol. The lowest BCUT2D eigenvalue weighted by Crippen LogP contribution is -2.12. The molecule has 3 rings (SSSR count). The van der Waals surface area contributed by atoms with Crippen LogP contribution in [0.3, 0.4) is 0 Å². The van der Waals surface area contributed by atoms with Crippen molar-refractivity contribution in [1.82, 2.24) is 5.16 Å². The van der Waals surface area contributed by atoms with Gasteiger partial charge in [0.15, 0.2) is 11.5 Å². The van der Waals surface area contributed by atoms with Gasteiger partial charge in [-0.15, -0.1) is 0 Å². The number of aromatic nitrogens is 1. The van der Waals surface area contributed by atoms with Gasteiger partial charge in [-0.05, 0) is 58.7 Å². The number of carbonyl (C=O) groups excluding carboxylic acids is 1. The van der Waals surface area contributed by atoms with E-state index in [9.17, 15) is 4.79 Å². The number of ether oxygens (including phenoxy) is 1. The number of nitrogens with zero attached hydrogens (tertiary/aromatic N) is 1. The molecule has 6 heteroatoms. The maximum Gasteiger partial charge on any atom is 0.277 e. The van der Waals surface area contributed by atoms with Crippen molar-refractivity contribution in [3.8, 4) is 17.1 Å². The van der Waals surface area contributed by atoms with E-state index in [4.69, 9.17) is 9.26 Å². The lowest BCUT2D eigenvalue weighted by molar-refractivity contribution is 0.101. The Hall–Kier alpha value is -2.60. The zero-order valence-corrected chi connectivity index (χ0v) is 16.0. The monoisotopic (exact) mass is 414 g/mol. The van der Waals surface area contributed by atoms with Gasteiger partial charge in [-0.1, -0.05) is 30.6 Å². The molecule has 5 nitrogen and oxygen atoms in total. The van der Waals surface area contributed by atoms with Crippen LogP contribution >= 0.6 is 15.9 Å². The number of unbranched alkanes of at least 4 members (excludes halogenated alkanes) is 1. The summed E-state index contributed by atoms with van der Waals surface area (Å²) in [5.41, 5.74) is 1.73. The number of anilines is 1. The first-order chi connectivity index (χ1) is 12.7. The maximum absolute atomic E-state index is 12.3. The molecule has 0 aliphatic heterocycles. The van der Waals surface area contributed by atoms with Crippen molar-refractivity contribution in [2.75, 3.05) is 11.9 Å². The molecule has 0 unspecified atom stereocenters. The van der Waals surface area contributed by atoms with Gasteiger partial charge in [0, 0.05) is 16.1 Å². The largest absolute Gasteiger partial charge is 0.494 e. The first-order valence-electron chi connectivity index (χ1n) is 8.43. The molecule has 1 heterocycles. The van der Waals surface area contributed by atoms with Crippen molar-refractivity contribution in [3.05, 3.63) is 64.8 Å². The fourth-order valence-corrected chi connectivity index (χ4v) is 2.70. The van der Waals surface area contributed by atoms with E-state index in [0.717, 1.165) is 28.6 Å². The molecule has 0 aliphatic carbocycles. The van der Waals surface area contributed by atoms with Crippen molar-refractivity contribution in [2.24, 2.45) is 0 Å². The number of para-hydroxylation sites is 1. The van der Waals surface area contributed by atoms with Gasteiger partial charge in [0.25, 0.3) is 5.91 Å². The first-order valence-corrected chi connectivity index (χ1v) is 9.22. The number of benzene rings is 2. The van der Waals surface area contributed by atoms with Crippen molar-refractivity contribution in [3.63, 3.8) is 0 Å². The molecule has 1 amide bonds. The fraction of sp³-hybridized carbons (Fsp3) is 0.200. The lowest BCUT2D eigenvalue weighted by atomic mass is 10.1. The summed E-state index contributed by atoms with van der Waals surface area (Å²) in [5, 5.41) is 6.67. The van der Waals surface area contributed by atoms with Gasteiger partial charge in [0.05, 0.1) is 12.3 Å². The zero-order valence-electron chi connectivity index (χ0n) is 14.4. The Morgan fingerprint density at radius 1 is 1.19 bits per heavy atom. The molecule has 0 spiro atoms. The second-order valence-electron chi connectivity index (χ2n) is 5.74. The van der Waals surface area contributed by atoms with Gasteiger partial charge in [-0.3, -0.25) is 4.79 Å². The Morgan fingerprint density at radius 2 is 1.96 bits per heavy atom. The Balaban J connectivity index is 1.67. The van der Waals surface area contributed by atoms with E-state index in [1.165, 1.54) is 0 Å². The molecule has 3 aromatic rings. The molecule has 134 valence electrons. The summed E-state index contributed by atoms with van der Waals surface area (Å²) in [4.78, 5) is 12.3. The van der Waals surface area contributed by atoms with Crippen LogP contribution in [0, 0.1) is 0 Å². The Morgan fingerprint density at radius 3 is 2.69 bits per heavy atom. The summed E-state index contributed by atoms with van der Waals surface area (Å²) >= 11 is 3.40. The Labute approximate surface area is 160 Å². The predicted molar refractivity (Wildman–Crippen MR) is 104 cm³/mol. The van der Waals surface area contributed by atoms with E-state index in [1.807, 2.05) is 42.5 Å². The summed E-state index contributed by atoms with van der Waals surface area (Å²) in [5.74, 6) is 1.02. The third-order valence-electron chi connectivity index (χ3n) is 3.77. The van der Waals surface area contributed by atoms with E-state index >= 15 is 0 Å². The maximum atomic E-state index is 12.3. The second-order valence-corrected chi connectivity index (χ2v) is 6.59. The summed E-state index contributed by atoms with van der Waals surface area (Å²) < 4.78 is 11.8. The molecule has 0 radical (unpaired) electrons. The van der Waals surface area contributed by atoms with Gasteiger partial charge < -0.3 is 14.6 Å². The molecule has 2 aromatic carbocycles. The molecule has 1 N–H and O–H groups in total. The normalized spacial score (nSPS) is 10.5. The first kappa shape index (κ1) is 18.2. The van der Waals surface area contributed by atoms with Gasteiger partial charge in [0.2, 0.25) is 0 Å². The van der Waals surface area contributed by atoms with Crippen LogP contribution in [0.4, 0.5) is 5.69 Å². The molecular formula is C20H19BrN2O3. The van der Waals surface area contributed by atoms with Crippen molar-refractivity contribution in [2.45, 2.75) is 19.8 Å². The SMILES string of the molecule is CCCCOc1ccc(-c2cc(C(=O)Nc3ccccc3Br)no2)cc1. The average Bonchev–Trinajstić information content (AvgIpc) is 3.15. The number of rotatable bonds is 7. The van der Waals surface area contributed by atoms with Crippen molar-refractivity contribution in [1.29, 1.82) is 0 Å². The lowest BCUT2D eigenvalue weighted by Gasteiger charge is -2.05. The van der Waals surface area contributed by atoms with Crippen LogP contribution in [0.15, 0.2) is 63.6 Å². The molecule has 1 aromatic heterocycles. The molecule has 0 saturated carbocycles. The summed E-state index contributed by atoms with van der Waals surface area (Å²) in [6.45, 7) is 2.83. The van der Waals surface area contributed by atoms with Crippen LogP contribution in [-0.4, -0.2) is 17.7 Å². The summed E-state index contributed by atoms with van der Waals surface area (Å²) in [7, 11) is 0. The molecule has 0 atom stereocenters. The standard InChI is InChI=1S/C20H19BrN2O3/c1-2-3-12-25-15-10-8-14(9-11-15)19-13-18(23-26-19)20(24)22-17-7-5-4-6-16(17)21/h4-11,13H,2-3,12H2,1H3,(H,22,24). The smallest absolute Gasteiger partial charge is 0.277 e. The minimum atomic E-state index is -0.327. The number of carbonyl (C=O) groups is 1. The Bertz CT molecular complexity index is 875. The minimum absolute atomic E-state index is 0.221. The van der Waals surface area contributed by atoms with E-state index in [1.54, 1.807) is 12.1 Å². The quantitative estimate of drug-likeness (QED) is 0.515. The number of hydrogen-bond donors (Lipinski definition) is 1. The van der Waals surface area contributed by atoms with E-state index in [-0.39, 0.29) is 11.6 Å². The van der Waals surface area contributed by atoms with Gasteiger partial charge in [0.1, 0.15) is 5.75 Å². The number of amides is 1. The zero-order chi connectivity index (χ0) is 18.4. The third kappa shape index (κ3) is 4.52. The topological polar surface area (TPSA) is 64.4 Å². The highest BCUT2D eigenvalue weighted by Crippen LogP contribution is 2.25. The van der Waals surface area contributed by atoms with Crippen LogP contribution < -0.4 is 10.1 Å². The molecule has 26 heavy (non-hydrogen) atoms. The molecule has 0 saturated heterocycles. The van der Waals surface area contributed by atoms with E-state index < -0.39 is 0 Å².